The van der Waals surface area contributed by atoms with E-state index in [0.29, 0.717) is 24.7 Å². The summed E-state index contributed by atoms with van der Waals surface area (Å²) >= 11 is 0. The number of carbonyl (C=O) groups is 2. The molecule has 1 aliphatic heterocycles. The van der Waals surface area contributed by atoms with Gasteiger partial charge in [-0.25, -0.2) is 4.79 Å². The molecule has 0 radical (unpaired) electrons. The van der Waals surface area contributed by atoms with Crippen LogP contribution in [0.25, 0.3) is 0 Å². The maximum atomic E-state index is 11.8. The Kier molecular flexibility index (Phi) is 5.57. The molecule has 3 amide bonds. The molecule has 0 bridgehead atoms. The summed E-state index contributed by atoms with van der Waals surface area (Å²) in [6.45, 7) is 1.65. The lowest BCUT2D eigenvalue weighted by atomic mass is 10.1. The third kappa shape index (κ3) is 5.07. The van der Waals surface area contributed by atoms with Crippen LogP contribution in [0.3, 0.4) is 0 Å². The predicted molar refractivity (Wildman–Crippen MR) is 82.3 cm³/mol. The van der Waals surface area contributed by atoms with Crippen LogP contribution in [0.4, 0.5) is 10.5 Å². The van der Waals surface area contributed by atoms with E-state index < -0.39 is 0 Å². The molecule has 0 saturated carbocycles. The molecule has 1 saturated heterocycles. The molecule has 1 aliphatic rings. The predicted octanol–water partition coefficient (Wildman–Crippen LogP) is 0.849. The second-order valence-electron chi connectivity index (χ2n) is 5.18. The topological polar surface area (TPSA) is 82.3 Å². The Labute approximate surface area is 124 Å². The number of urea groups is 1. The number of rotatable bonds is 5. The molecule has 1 atom stereocenters. The number of hydrogen-bond acceptors (Lipinski definition) is 3. The molecule has 6 nitrogen and oxygen atoms in total. The number of nitrogens with one attached hydrogen (secondary N) is 4. The number of benzene rings is 1. The van der Waals surface area contributed by atoms with Crippen LogP contribution < -0.4 is 21.3 Å². The quantitative estimate of drug-likeness (QED) is 0.649. The molecule has 4 N–H and O–H groups in total. The minimum Gasteiger partial charge on any atom is -0.359 e. The van der Waals surface area contributed by atoms with Crippen molar-refractivity contribution >= 4 is 17.6 Å². The first-order chi connectivity index (χ1) is 10.2. The van der Waals surface area contributed by atoms with Crippen LogP contribution in [-0.2, 0) is 11.2 Å². The van der Waals surface area contributed by atoms with Crippen molar-refractivity contribution in [2.24, 2.45) is 0 Å². The summed E-state index contributed by atoms with van der Waals surface area (Å²) in [7, 11) is 1.61. The van der Waals surface area contributed by atoms with Crippen LogP contribution in [-0.4, -0.2) is 38.1 Å². The summed E-state index contributed by atoms with van der Waals surface area (Å²) in [4.78, 5) is 23.2. The van der Waals surface area contributed by atoms with E-state index in [0.717, 1.165) is 24.9 Å². The Morgan fingerprint density at radius 1 is 1.38 bits per heavy atom. The number of likely N-dealkylation sites (N-methyl/N-ethyl adjacent to an activating group) is 1. The highest BCUT2D eigenvalue weighted by Crippen LogP contribution is 2.11. The lowest BCUT2D eigenvalue weighted by molar-refractivity contribution is -0.119. The molecular weight excluding hydrogens is 268 g/mol. The van der Waals surface area contributed by atoms with Gasteiger partial charge in [-0.1, -0.05) is 12.1 Å². The van der Waals surface area contributed by atoms with E-state index in [1.54, 1.807) is 13.1 Å². The first-order valence-corrected chi connectivity index (χ1v) is 7.25. The molecule has 0 aliphatic carbocycles. The van der Waals surface area contributed by atoms with Crippen LogP contribution >= 0.6 is 0 Å². The van der Waals surface area contributed by atoms with E-state index >= 15 is 0 Å². The molecule has 21 heavy (non-hydrogen) atoms. The number of carbonyl (C=O) groups excluding carboxylic acids is 2. The molecule has 1 heterocycles. The van der Waals surface area contributed by atoms with Gasteiger partial charge in [0.15, 0.2) is 0 Å². The Bertz CT molecular complexity index is 498. The third-order valence-corrected chi connectivity index (χ3v) is 3.50. The van der Waals surface area contributed by atoms with E-state index in [4.69, 9.17) is 0 Å². The third-order valence-electron chi connectivity index (χ3n) is 3.50. The normalized spacial score (nSPS) is 17.3. The van der Waals surface area contributed by atoms with Crippen molar-refractivity contribution in [1.82, 2.24) is 16.0 Å². The van der Waals surface area contributed by atoms with Crippen LogP contribution in [0.1, 0.15) is 18.4 Å². The molecule has 1 aromatic carbocycles. The highest BCUT2D eigenvalue weighted by atomic mass is 16.2. The smallest absolute Gasteiger partial charge is 0.319 e. The Morgan fingerprint density at radius 3 is 2.95 bits per heavy atom. The van der Waals surface area contributed by atoms with E-state index in [2.05, 4.69) is 21.3 Å². The van der Waals surface area contributed by atoms with E-state index in [1.807, 2.05) is 18.2 Å². The first-order valence-electron chi connectivity index (χ1n) is 7.25. The lowest BCUT2D eigenvalue weighted by Crippen LogP contribution is -2.39. The fourth-order valence-corrected chi connectivity index (χ4v) is 2.35. The fourth-order valence-electron chi connectivity index (χ4n) is 2.35. The van der Waals surface area contributed by atoms with Crippen LogP contribution in [0.15, 0.2) is 24.3 Å². The largest absolute Gasteiger partial charge is 0.359 e. The van der Waals surface area contributed by atoms with Gasteiger partial charge in [0.05, 0.1) is 6.42 Å². The Hall–Kier alpha value is -2.08. The standard InChI is InChI=1S/C15H22N4O2/c1-16-14(20)9-11-4-2-5-12(8-11)19-15(21)18-10-13-6-3-7-17-13/h2,4-5,8,13,17H,3,6-7,9-10H2,1H3,(H,16,20)(H2,18,19,21)/t13-/m0/s1. The second-order valence-corrected chi connectivity index (χ2v) is 5.18. The number of hydrogen-bond donors (Lipinski definition) is 4. The van der Waals surface area contributed by atoms with Gasteiger partial charge in [0.1, 0.15) is 0 Å². The average Bonchev–Trinajstić information content (AvgIpc) is 2.98. The lowest BCUT2D eigenvalue weighted by Gasteiger charge is -2.12. The van der Waals surface area contributed by atoms with Crippen molar-refractivity contribution in [2.45, 2.75) is 25.3 Å². The van der Waals surface area contributed by atoms with Crippen molar-refractivity contribution < 1.29 is 9.59 Å². The second kappa shape index (κ2) is 7.64. The number of amides is 3. The van der Waals surface area contributed by atoms with Gasteiger partial charge >= 0.3 is 6.03 Å². The maximum Gasteiger partial charge on any atom is 0.319 e. The maximum absolute atomic E-state index is 11.8. The van der Waals surface area contributed by atoms with Crippen molar-refractivity contribution in [3.63, 3.8) is 0 Å². The molecule has 2 rings (SSSR count). The summed E-state index contributed by atoms with van der Waals surface area (Å²) in [5.41, 5.74) is 1.55. The molecule has 114 valence electrons. The summed E-state index contributed by atoms with van der Waals surface area (Å²) in [5, 5.41) is 11.5. The van der Waals surface area contributed by atoms with Gasteiger partial charge < -0.3 is 21.3 Å². The Balaban J connectivity index is 1.82. The molecule has 1 fully saturated rings. The van der Waals surface area contributed by atoms with Crippen molar-refractivity contribution in [3.8, 4) is 0 Å². The van der Waals surface area contributed by atoms with Gasteiger partial charge in [0, 0.05) is 25.3 Å². The summed E-state index contributed by atoms with van der Waals surface area (Å²) in [6.07, 6.45) is 2.57. The minimum atomic E-state index is -0.221. The summed E-state index contributed by atoms with van der Waals surface area (Å²) < 4.78 is 0. The number of anilines is 1. The van der Waals surface area contributed by atoms with Gasteiger partial charge in [-0.2, -0.15) is 0 Å². The molecular formula is C15H22N4O2. The van der Waals surface area contributed by atoms with Gasteiger partial charge in [-0.05, 0) is 37.1 Å². The van der Waals surface area contributed by atoms with Crippen LogP contribution in [0.5, 0.6) is 0 Å². The van der Waals surface area contributed by atoms with Crippen molar-refractivity contribution in [3.05, 3.63) is 29.8 Å². The van der Waals surface area contributed by atoms with Gasteiger partial charge in [-0.15, -0.1) is 0 Å². The van der Waals surface area contributed by atoms with E-state index in [9.17, 15) is 9.59 Å². The van der Waals surface area contributed by atoms with E-state index in [1.165, 1.54) is 0 Å². The SMILES string of the molecule is CNC(=O)Cc1cccc(NC(=O)NC[C@@H]2CCCN2)c1. The molecule has 6 heteroatoms. The average molecular weight is 290 g/mol. The molecule has 1 aromatic rings. The zero-order valence-corrected chi connectivity index (χ0v) is 12.2. The molecule has 0 spiro atoms. The van der Waals surface area contributed by atoms with Gasteiger partial charge in [0.2, 0.25) is 5.91 Å². The van der Waals surface area contributed by atoms with Gasteiger partial charge in [-0.3, -0.25) is 4.79 Å². The summed E-state index contributed by atoms with van der Waals surface area (Å²) in [6, 6.07) is 7.45. The molecule has 0 unspecified atom stereocenters. The zero-order valence-electron chi connectivity index (χ0n) is 12.2. The van der Waals surface area contributed by atoms with Crippen LogP contribution in [0, 0.1) is 0 Å². The monoisotopic (exact) mass is 290 g/mol. The van der Waals surface area contributed by atoms with E-state index in [-0.39, 0.29) is 11.9 Å². The van der Waals surface area contributed by atoms with Crippen molar-refractivity contribution in [1.29, 1.82) is 0 Å². The van der Waals surface area contributed by atoms with Crippen molar-refractivity contribution in [2.75, 3.05) is 25.5 Å². The first kappa shape index (κ1) is 15.3. The minimum absolute atomic E-state index is 0.0519. The van der Waals surface area contributed by atoms with Crippen LogP contribution in [0.2, 0.25) is 0 Å². The van der Waals surface area contributed by atoms with Gasteiger partial charge in [0.25, 0.3) is 0 Å². The molecule has 0 aromatic heterocycles. The summed E-state index contributed by atoms with van der Waals surface area (Å²) in [5.74, 6) is -0.0519. The Morgan fingerprint density at radius 2 is 2.24 bits per heavy atom. The highest BCUT2D eigenvalue weighted by molar-refractivity contribution is 5.89. The fraction of sp³-hybridized carbons (Fsp3) is 0.467. The zero-order chi connectivity index (χ0) is 15.1. The highest BCUT2D eigenvalue weighted by Gasteiger charge is 2.14.